The number of nitrogens with one attached hydrogen (secondary N) is 2. The van der Waals surface area contributed by atoms with Crippen molar-refractivity contribution in [3.8, 4) is 0 Å². The molecular formula is C22H23N2O2+. The minimum absolute atomic E-state index is 0.0426. The molecule has 1 unspecified atom stereocenters. The Labute approximate surface area is 153 Å². The van der Waals surface area contributed by atoms with Crippen molar-refractivity contribution >= 4 is 5.91 Å². The quantitative estimate of drug-likeness (QED) is 0.744. The highest BCUT2D eigenvalue weighted by molar-refractivity contribution is 5.94. The monoisotopic (exact) mass is 347 g/mol. The molecule has 2 aromatic carbocycles. The lowest BCUT2D eigenvalue weighted by Crippen LogP contribution is -3.12. The molecule has 0 spiro atoms. The van der Waals surface area contributed by atoms with Gasteiger partial charge in [-0.25, -0.2) is 0 Å². The van der Waals surface area contributed by atoms with E-state index >= 15 is 0 Å². The molecule has 2 heterocycles. The second kappa shape index (κ2) is 7.58. The van der Waals surface area contributed by atoms with Gasteiger partial charge in [-0.1, -0.05) is 42.5 Å². The van der Waals surface area contributed by atoms with Gasteiger partial charge in [-0.15, -0.1) is 0 Å². The summed E-state index contributed by atoms with van der Waals surface area (Å²) in [6, 6.07) is 22.0. The van der Waals surface area contributed by atoms with Crippen LogP contribution in [0.4, 0.5) is 0 Å². The number of carbonyl (C=O) groups excluding carboxylic acids is 1. The number of rotatable bonds is 5. The van der Waals surface area contributed by atoms with Gasteiger partial charge in [0.25, 0.3) is 5.91 Å². The van der Waals surface area contributed by atoms with Gasteiger partial charge in [0.1, 0.15) is 6.54 Å². The predicted molar refractivity (Wildman–Crippen MR) is 99.9 cm³/mol. The topological polar surface area (TPSA) is 46.7 Å². The van der Waals surface area contributed by atoms with Crippen molar-refractivity contribution in [2.75, 3.05) is 13.1 Å². The van der Waals surface area contributed by atoms with Crippen LogP contribution in [0.25, 0.3) is 0 Å². The SMILES string of the molecule is O=C(NC[C@H](c1ccco1)[NH+]1CCc2ccccc2C1)c1ccccc1. The molecule has 1 aliphatic heterocycles. The maximum atomic E-state index is 12.4. The molecule has 2 atom stereocenters. The Hall–Kier alpha value is -2.85. The molecule has 4 heteroatoms. The average molecular weight is 347 g/mol. The smallest absolute Gasteiger partial charge is 0.251 e. The lowest BCUT2D eigenvalue weighted by atomic mass is 9.98. The summed E-state index contributed by atoms with van der Waals surface area (Å²) in [6.45, 7) is 2.53. The van der Waals surface area contributed by atoms with Gasteiger partial charge in [0.15, 0.2) is 11.8 Å². The minimum atomic E-state index is -0.0426. The molecule has 3 aromatic rings. The van der Waals surface area contributed by atoms with Crippen molar-refractivity contribution < 1.29 is 14.1 Å². The van der Waals surface area contributed by atoms with Crippen LogP contribution in [0.5, 0.6) is 0 Å². The van der Waals surface area contributed by atoms with Crippen LogP contribution in [0.2, 0.25) is 0 Å². The van der Waals surface area contributed by atoms with E-state index in [9.17, 15) is 4.79 Å². The highest BCUT2D eigenvalue weighted by Crippen LogP contribution is 2.15. The van der Waals surface area contributed by atoms with Gasteiger partial charge in [0.05, 0.1) is 19.4 Å². The van der Waals surface area contributed by atoms with Crippen LogP contribution < -0.4 is 10.2 Å². The standard InChI is InChI=1S/C22H22N2O2/c25-22(18-8-2-1-3-9-18)23-15-20(21-11-6-14-26-21)24-13-12-17-7-4-5-10-19(17)16-24/h1-11,14,20H,12-13,15-16H2,(H,23,25)/p+1/t20-/m1/s1. The lowest BCUT2D eigenvalue weighted by molar-refractivity contribution is -0.946. The van der Waals surface area contributed by atoms with Crippen LogP contribution in [0, 0.1) is 0 Å². The summed E-state index contributed by atoms with van der Waals surface area (Å²) in [5, 5.41) is 3.09. The minimum Gasteiger partial charge on any atom is -0.463 e. The second-order valence-corrected chi connectivity index (χ2v) is 6.75. The Balaban J connectivity index is 1.50. The predicted octanol–water partition coefficient (Wildman–Crippen LogP) is 2.39. The molecule has 1 amide bonds. The van der Waals surface area contributed by atoms with Crippen molar-refractivity contribution in [2.45, 2.75) is 19.0 Å². The van der Waals surface area contributed by atoms with E-state index < -0.39 is 0 Å². The zero-order chi connectivity index (χ0) is 17.8. The summed E-state index contributed by atoms with van der Waals surface area (Å²) in [6.07, 6.45) is 2.76. The third-order valence-electron chi connectivity index (χ3n) is 5.13. The zero-order valence-electron chi connectivity index (χ0n) is 14.7. The van der Waals surface area contributed by atoms with Crippen LogP contribution in [0.15, 0.2) is 77.4 Å². The first-order valence-electron chi connectivity index (χ1n) is 9.09. The lowest BCUT2D eigenvalue weighted by Gasteiger charge is -2.31. The number of carbonyl (C=O) groups is 1. The van der Waals surface area contributed by atoms with Gasteiger partial charge >= 0.3 is 0 Å². The number of hydrogen-bond acceptors (Lipinski definition) is 2. The Morgan fingerprint density at radius 3 is 2.54 bits per heavy atom. The summed E-state index contributed by atoms with van der Waals surface area (Å²) in [7, 11) is 0. The van der Waals surface area contributed by atoms with E-state index in [1.165, 1.54) is 16.0 Å². The van der Waals surface area contributed by atoms with Gasteiger partial charge in [-0.2, -0.15) is 0 Å². The molecule has 2 N–H and O–H groups in total. The summed E-state index contributed by atoms with van der Waals surface area (Å²) in [5.74, 6) is 0.881. The summed E-state index contributed by atoms with van der Waals surface area (Å²) in [5.41, 5.74) is 3.51. The van der Waals surface area contributed by atoms with E-state index in [1.54, 1.807) is 6.26 Å². The Morgan fingerprint density at radius 2 is 1.77 bits per heavy atom. The van der Waals surface area contributed by atoms with Crippen molar-refractivity contribution in [1.29, 1.82) is 0 Å². The number of benzene rings is 2. The second-order valence-electron chi connectivity index (χ2n) is 6.75. The molecule has 4 rings (SSSR count). The summed E-state index contributed by atoms with van der Waals surface area (Å²) < 4.78 is 5.70. The molecule has 0 radical (unpaired) electrons. The molecule has 132 valence electrons. The van der Waals surface area contributed by atoms with Crippen LogP contribution in [0.3, 0.4) is 0 Å². The molecule has 0 saturated carbocycles. The number of hydrogen-bond donors (Lipinski definition) is 2. The summed E-state index contributed by atoms with van der Waals surface area (Å²) >= 11 is 0. The van der Waals surface area contributed by atoms with E-state index in [1.807, 2.05) is 42.5 Å². The van der Waals surface area contributed by atoms with Gasteiger partial charge < -0.3 is 14.6 Å². The van der Waals surface area contributed by atoms with Crippen molar-refractivity contribution in [2.24, 2.45) is 0 Å². The largest absolute Gasteiger partial charge is 0.463 e. The molecule has 26 heavy (non-hydrogen) atoms. The summed E-state index contributed by atoms with van der Waals surface area (Å²) in [4.78, 5) is 13.9. The van der Waals surface area contributed by atoms with Gasteiger partial charge in [-0.05, 0) is 29.8 Å². The Bertz CT molecular complexity index is 859. The third kappa shape index (κ3) is 3.55. The Morgan fingerprint density at radius 1 is 1.00 bits per heavy atom. The third-order valence-corrected chi connectivity index (χ3v) is 5.13. The fourth-order valence-corrected chi connectivity index (χ4v) is 3.72. The van der Waals surface area contributed by atoms with Gasteiger partial charge in [0, 0.05) is 17.5 Å². The van der Waals surface area contributed by atoms with Gasteiger partial charge in [-0.3, -0.25) is 4.79 Å². The van der Waals surface area contributed by atoms with Crippen LogP contribution in [-0.2, 0) is 13.0 Å². The maximum Gasteiger partial charge on any atom is 0.251 e. The first-order valence-corrected chi connectivity index (χ1v) is 9.09. The average Bonchev–Trinajstić information content (AvgIpc) is 3.23. The molecular weight excluding hydrogens is 324 g/mol. The van der Waals surface area contributed by atoms with Crippen LogP contribution in [0.1, 0.15) is 33.3 Å². The molecule has 1 aliphatic rings. The van der Waals surface area contributed by atoms with E-state index in [-0.39, 0.29) is 11.9 Å². The van der Waals surface area contributed by atoms with E-state index in [0.29, 0.717) is 12.1 Å². The van der Waals surface area contributed by atoms with E-state index in [4.69, 9.17) is 4.42 Å². The van der Waals surface area contributed by atoms with Gasteiger partial charge in [0.2, 0.25) is 0 Å². The molecule has 0 fully saturated rings. The number of furan rings is 1. The molecule has 0 saturated heterocycles. The van der Waals surface area contributed by atoms with E-state index in [0.717, 1.165) is 25.3 Å². The number of fused-ring (bicyclic) bond motifs is 1. The first-order chi connectivity index (χ1) is 12.8. The number of quaternary nitrogens is 1. The van der Waals surface area contributed by atoms with Crippen molar-refractivity contribution in [1.82, 2.24) is 5.32 Å². The normalized spacial score (nSPS) is 17.3. The number of amides is 1. The first kappa shape index (κ1) is 16.6. The molecule has 0 aliphatic carbocycles. The highest BCUT2D eigenvalue weighted by Gasteiger charge is 2.30. The maximum absolute atomic E-state index is 12.4. The van der Waals surface area contributed by atoms with Crippen LogP contribution in [-0.4, -0.2) is 19.0 Å². The van der Waals surface area contributed by atoms with Crippen molar-refractivity contribution in [3.05, 3.63) is 95.4 Å². The highest BCUT2D eigenvalue weighted by atomic mass is 16.3. The fourth-order valence-electron chi connectivity index (χ4n) is 3.72. The Kier molecular flexibility index (Phi) is 4.84. The van der Waals surface area contributed by atoms with Crippen molar-refractivity contribution in [3.63, 3.8) is 0 Å². The zero-order valence-corrected chi connectivity index (χ0v) is 14.7. The van der Waals surface area contributed by atoms with Crippen LogP contribution >= 0.6 is 0 Å². The van der Waals surface area contributed by atoms with E-state index in [2.05, 4.69) is 29.6 Å². The molecule has 1 aromatic heterocycles. The fraction of sp³-hybridized carbons (Fsp3) is 0.227. The molecule has 0 bridgehead atoms. The molecule has 4 nitrogen and oxygen atoms in total.